The van der Waals surface area contributed by atoms with Crippen LogP contribution in [0.1, 0.15) is 213 Å². The van der Waals surface area contributed by atoms with Crippen LogP contribution in [0.3, 0.4) is 0 Å². The number of hydrogen-bond donors (Lipinski definition) is 0. The Morgan fingerprint density at radius 3 is 1.19 bits per heavy atom. The van der Waals surface area contributed by atoms with Crippen LogP contribution >= 0.6 is 0 Å². The predicted molar refractivity (Wildman–Crippen MR) is 221 cm³/mol. The summed E-state index contributed by atoms with van der Waals surface area (Å²) in [6.07, 6.45) is 46.0. The Labute approximate surface area is 330 Å². The van der Waals surface area contributed by atoms with E-state index in [-0.39, 0.29) is 24.3 Å². The zero-order valence-electron chi connectivity index (χ0n) is 35.4. The largest absolute Gasteiger partial charge is 1.00 e. The monoisotopic (exact) mass is 754 g/mol. The zero-order valence-corrected chi connectivity index (χ0v) is 36.1. The van der Waals surface area contributed by atoms with Crippen molar-refractivity contribution in [2.75, 3.05) is 40.9 Å². The minimum Gasteiger partial charge on any atom is -1.00 e. The summed E-state index contributed by atoms with van der Waals surface area (Å²) in [5, 5.41) is 0. The summed E-state index contributed by atoms with van der Waals surface area (Å²) in [5.41, 5.74) is 0. The smallest absolute Gasteiger partial charge is 0.305 e. The summed E-state index contributed by atoms with van der Waals surface area (Å²) in [5.74, 6) is 0.336. The molecule has 0 aromatic heterocycles. The maximum absolute atomic E-state index is 12.3. The first kappa shape index (κ1) is 52.8. The normalized spacial score (nSPS) is 12.4. The van der Waals surface area contributed by atoms with Crippen LogP contribution in [0.5, 0.6) is 0 Å². The molecule has 0 aromatic carbocycles. The molecule has 1 unspecified atom stereocenters. The number of rotatable bonds is 39. The van der Waals surface area contributed by atoms with E-state index < -0.39 is 0 Å². The quantitative estimate of drug-likeness (QED) is 0.0271. The van der Waals surface area contributed by atoms with Gasteiger partial charge in [0.2, 0.25) is 0 Å². The van der Waals surface area contributed by atoms with Crippen LogP contribution in [-0.4, -0.2) is 57.3 Å². The van der Waals surface area contributed by atoms with E-state index in [2.05, 4.69) is 59.3 Å². The van der Waals surface area contributed by atoms with E-state index >= 15 is 0 Å². The second-order valence-corrected chi connectivity index (χ2v) is 16.4. The fourth-order valence-corrected chi connectivity index (χ4v) is 6.82. The van der Waals surface area contributed by atoms with Gasteiger partial charge in [-0.3, -0.25) is 9.59 Å². The summed E-state index contributed by atoms with van der Waals surface area (Å²) in [7, 11) is 6.62. The number of hydrogen-bond acceptors (Lipinski definition) is 4. The molecule has 6 heteroatoms. The fourth-order valence-electron chi connectivity index (χ4n) is 6.82. The van der Waals surface area contributed by atoms with Gasteiger partial charge < -0.3 is 26.4 Å². The predicted octanol–water partition coefficient (Wildman–Crippen LogP) is 10.6. The van der Waals surface area contributed by atoms with Crippen LogP contribution < -0.4 is 12.4 Å². The number of nitrogens with zero attached hydrogens (tertiary/aromatic N) is 1. The van der Waals surface area contributed by atoms with E-state index in [4.69, 9.17) is 9.47 Å². The van der Waals surface area contributed by atoms with E-state index in [9.17, 15) is 9.59 Å². The second-order valence-electron chi connectivity index (χ2n) is 16.4. The van der Waals surface area contributed by atoms with Crippen molar-refractivity contribution in [3.8, 4) is 0 Å². The molecule has 0 radical (unpaired) electrons. The topological polar surface area (TPSA) is 52.6 Å². The van der Waals surface area contributed by atoms with Gasteiger partial charge in [-0.05, 0) is 83.5 Å². The van der Waals surface area contributed by atoms with Gasteiger partial charge in [0.1, 0.15) is 0 Å². The molecule has 0 spiro atoms. The molecule has 0 aliphatic carbocycles. The van der Waals surface area contributed by atoms with Gasteiger partial charge in [0.25, 0.3) is 0 Å². The molecule has 0 saturated carbocycles. The molecule has 0 heterocycles. The Kier molecular flexibility index (Phi) is 41.5. The van der Waals surface area contributed by atoms with Crippen molar-refractivity contribution in [1.29, 1.82) is 0 Å². The average molecular weight is 755 g/mol. The summed E-state index contributed by atoms with van der Waals surface area (Å²) in [6.45, 7) is 6.55. The fraction of sp³-hybridized carbons (Fsp3) is 0.870. The van der Waals surface area contributed by atoms with E-state index in [0.717, 1.165) is 56.0 Å². The molecular formula is C46H88ClNO4. The molecule has 1 atom stereocenters. The van der Waals surface area contributed by atoms with E-state index in [1.54, 1.807) is 0 Å². The van der Waals surface area contributed by atoms with E-state index in [1.807, 2.05) is 0 Å². The molecular weight excluding hydrogens is 666 g/mol. The van der Waals surface area contributed by atoms with Gasteiger partial charge in [0, 0.05) is 18.8 Å². The summed E-state index contributed by atoms with van der Waals surface area (Å²) < 4.78 is 12.1. The number of ether oxygens (including phenoxy) is 2. The van der Waals surface area contributed by atoms with Gasteiger partial charge in [-0.2, -0.15) is 0 Å². The summed E-state index contributed by atoms with van der Waals surface area (Å²) in [4.78, 5) is 24.6. The third kappa shape index (κ3) is 43.1. The third-order valence-corrected chi connectivity index (χ3v) is 9.90. The molecule has 0 rings (SSSR count). The molecule has 0 N–H and O–H groups in total. The molecule has 0 bridgehead atoms. The lowest BCUT2D eigenvalue weighted by atomic mass is 9.99. The maximum Gasteiger partial charge on any atom is 0.305 e. The van der Waals surface area contributed by atoms with Gasteiger partial charge in [0.15, 0.2) is 0 Å². The van der Waals surface area contributed by atoms with Gasteiger partial charge in [-0.15, -0.1) is 0 Å². The Bertz CT molecular complexity index is 822. The molecule has 0 aliphatic rings. The Hall–Kier alpha value is -1.33. The number of quaternary nitrogens is 1. The lowest BCUT2D eigenvalue weighted by Gasteiger charge is -2.29. The zero-order chi connectivity index (χ0) is 37.5. The number of carbonyl (C=O) groups is 2. The lowest BCUT2D eigenvalue weighted by molar-refractivity contribution is -0.874. The molecule has 5 nitrogen and oxygen atoms in total. The first-order valence-electron chi connectivity index (χ1n) is 22.2. The molecule has 0 saturated heterocycles. The highest BCUT2D eigenvalue weighted by Gasteiger charge is 2.19. The first-order valence-corrected chi connectivity index (χ1v) is 22.2. The maximum atomic E-state index is 12.3. The Morgan fingerprint density at radius 1 is 0.462 bits per heavy atom. The van der Waals surface area contributed by atoms with Crippen molar-refractivity contribution in [2.45, 2.75) is 213 Å². The standard InChI is InChI=1S/C46H88NO4.ClH/c1-6-8-10-12-14-16-18-20-22-24-26-28-30-32-34-38-45(48)50-41-36-37-44(43-47(3,4)5)40-42-51-46(49)39-35-33-31-29-27-25-23-21-19-17-15-13-11-9-7-2;/h20-23,44H,6-19,24-43H2,1-5H3;1H/q+1;/p-1/b22-20-,23-21-;. The first-order chi connectivity index (χ1) is 24.8. The molecule has 52 heavy (non-hydrogen) atoms. The van der Waals surface area contributed by atoms with Crippen LogP contribution in [0.2, 0.25) is 0 Å². The number of halogens is 1. The van der Waals surface area contributed by atoms with Crippen molar-refractivity contribution in [1.82, 2.24) is 0 Å². The highest BCUT2D eigenvalue weighted by atomic mass is 35.5. The number of allylic oxidation sites excluding steroid dienone is 4. The Balaban J connectivity index is 0. The second kappa shape index (κ2) is 40.8. The van der Waals surface area contributed by atoms with Crippen molar-refractivity contribution in [3.05, 3.63) is 24.3 Å². The third-order valence-electron chi connectivity index (χ3n) is 9.90. The molecule has 308 valence electrons. The number of unbranched alkanes of at least 4 members (excludes halogenated alkanes) is 22. The van der Waals surface area contributed by atoms with Crippen LogP contribution in [0, 0.1) is 5.92 Å². The van der Waals surface area contributed by atoms with Crippen molar-refractivity contribution < 1.29 is 36.0 Å². The minimum absolute atomic E-state index is 0. The number of carbonyl (C=O) groups excluding carboxylic acids is 2. The van der Waals surface area contributed by atoms with Crippen LogP contribution in [0.15, 0.2) is 24.3 Å². The van der Waals surface area contributed by atoms with E-state index in [0.29, 0.717) is 32.0 Å². The van der Waals surface area contributed by atoms with Crippen molar-refractivity contribution in [2.24, 2.45) is 5.92 Å². The van der Waals surface area contributed by atoms with Crippen molar-refractivity contribution >= 4 is 11.9 Å². The van der Waals surface area contributed by atoms with Crippen LogP contribution in [-0.2, 0) is 19.1 Å². The molecule has 0 aromatic rings. The van der Waals surface area contributed by atoms with E-state index in [1.165, 1.54) is 141 Å². The molecule has 0 aliphatic heterocycles. The van der Waals surface area contributed by atoms with Gasteiger partial charge in [0.05, 0.1) is 40.9 Å². The average Bonchev–Trinajstić information content (AvgIpc) is 3.09. The highest BCUT2D eigenvalue weighted by Crippen LogP contribution is 2.17. The Morgan fingerprint density at radius 2 is 0.808 bits per heavy atom. The van der Waals surface area contributed by atoms with Crippen LogP contribution in [0.25, 0.3) is 0 Å². The number of esters is 2. The molecule has 0 fully saturated rings. The van der Waals surface area contributed by atoms with Crippen LogP contribution in [0.4, 0.5) is 0 Å². The van der Waals surface area contributed by atoms with Gasteiger partial charge in [-0.1, -0.05) is 141 Å². The van der Waals surface area contributed by atoms with Gasteiger partial charge in [-0.25, -0.2) is 0 Å². The van der Waals surface area contributed by atoms with Gasteiger partial charge >= 0.3 is 11.9 Å². The SMILES string of the molecule is CCCCCCCC/C=C\CCCCCCCC(=O)OCCCC(CCOC(=O)CCCCCCC/C=C\CCCCCCCC)C[N+](C)(C)C.[Cl-]. The highest BCUT2D eigenvalue weighted by molar-refractivity contribution is 5.69. The lowest BCUT2D eigenvalue weighted by Crippen LogP contribution is -3.00. The minimum atomic E-state index is -0.0552. The summed E-state index contributed by atoms with van der Waals surface area (Å²) in [6, 6.07) is 0. The summed E-state index contributed by atoms with van der Waals surface area (Å²) >= 11 is 0. The molecule has 0 amide bonds. The van der Waals surface area contributed by atoms with Crippen molar-refractivity contribution in [3.63, 3.8) is 0 Å².